The van der Waals surface area contributed by atoms with Gasteiger partial charge >= 0.3 is 0 Å². The third-order valence-electron chi connectivity index (χ3n) is 4.79. The fourth-order valence-corrected chi connectivity index (χ4v) is 3.24. The van der Waals surface area contributed by atoms with Crippen molar-refractivity contribution in [3.8, 4) is 5.75 Å². The molecule has 0 unspecified atom stereocenters. The summed E-state index contributed by atoms with van der Waals surface area (Å²) < 4.78 is 5.35. The molecule has 1 aliphatic carbocycles. The van der Waals surface area contributed by atoms with Crippen LogP contribution in [0.4, 0.5) is 5.69 Å². The van der Waals surface area contributed by atoms with Gasteiger partial charge < -0.3 is 15.4 Å². The summed E-state index contributed by atoms with van der Waals surface area (Å²) in [6.07, 6.45) is 9.84. The minimum absolute atomic E-state index is 0.123. The number of hydrogen-bond donors (Lipinski definition) is 2. The van der Waals surface area contributed by atoms with E-state index in [1.54, 1.807) is 19.4 Å². The van der Waals surface area contributed by atoms with Crippen molar-refractivity contribution in [2.75, 3.05) is 19.0 Å². The lowest BCUT2D eigenvalue weighted by atomic mass is 9.97. The van der Waals surface area contributed by atoms with E-state index in [0.717, 1.165) is 23.4 Å². The van der Waals surface area contributed by atoms with Crippen LogP contribution in [0.2, 0.25) is 0 Å². The lowest BCUT2D eigenvalue weighted by Gasteiger charge is -2.13. The average Bonchev–Trinajstić information content (AvgIpc) is 2.73. The zero-order chi connectivity index (χ0) is 18.9. The number of para-hydroxylation sites is 1. The van der Waals surface area contributed by atoms with Gasteiger partial charge in [0, 0.05) is 18.7 Å². The molecule has 0 saturated carbocycles. The van der Waals surface area contributed by atoms with Crippen molar-refractivity contribution in [2.24, 2.45) is 0 Å². The van der Waals surface area contributed by atoms with Crippen molar-refractivity contribution in [2.45, 2.75) is 38.6 Å². The van der Waals surface area contributed by atoms with Crippen molar-refractivity contribution in [1.82, 2.24) is 10.3 Å². The van der Waals surface area contributed by atoms with E-state index in [1.165, 1.54) is 31.3 Å². The van der Waals surface area contributed by atoms with E-state index in [1.807, 2.05) is 30.3 Å². The van der Waals surface area contributed by atoms with Gasteiger partial charge in [-0.25, -0.2) is 4.98 Å². The third kappa shape index (κ3) is 5.58. The molecule has 2 aromatic rings. The van der Waals surface area contributed by atoms with Gasteiger partial charge in [0.1, 0.15) is 11.4 Å². The first-order chi connectivity index (χ1) is 13.3. The molecular formula is C22H27N3O2. The molecule has 0 aliphatic heterocycles. The molecule has 2 N–H and O–H groups in total. The van der Waals surface area contributed by atoms with Crippen molar-refractivity contribution >= 4 is 11.6 Å². The summed E-state index contributed by atoms with van der Waals surface area (Å²) in [6.45, 7) is 1.30. The van der Waals surface area contributed by atoms with Crippen LogP contribution in [-0.4, -0.2) is 24.5 Å². The standard InChI is InChI=1S/C22H27N3O2/c1-27-21-10-6-5-9-18(21)15-24-19-11-12-20(25-16-19)22(26)23-14-13-17-7-3-2-4-8-17/h5-7,9-12,16,24H,2-4,8,13-15H2,1H3,(H,23,26). The maximum atomic E-state index is 12.2. The highest BCUT2D eigenvalue weighted by Gasteiger charge is 2.09. The summed E-state index contributed by atoms with van der Waals surface area (Å²) in [5.74, 6) is 0.727. The van der Waals surface area contributed by atoms with Crippen LogP contribution >= 0.6 is 0 Å². The largest absolute Gasteiger partial charge is 0.496 e. The smallest absolute Gasteiger partial charge is 0.269 e. The number of amides is 1. The number of ether oxygens (including phenoxy) is 1. The molecular weight excluding hydrogens is 338 g/mol. The first-order valence-corrected chi connectivity index (χ1v) is 9.54. The summed E-state index contributed by atoms with van der Waals surface area (Å²) >= 11 is 0. The van der Waals surface area contributed by atoms with Crippen molar-refractivity contribution in [3.05, 3.63) is 65.5 Å². The maximum Gasteiger partial charge on any atom is 0.269 e. The Kier molecular flexibility index (Phi) is 6.85. The number of methoxy groups -OCH3 is 1. The third-order valence-corrected chi connectivity index (χ3v) is 4.79. The Morgan fingerprint density at radius 3 is 2.81 bits per heavy atom. The van der Waals surface area contributed by atoms with E-state index in [9.17, 15) is 4.79 Å². The minimum atomic E-state index is -0.123. The normalized spacial score (nSPS) is 13.6. The number of aromatic nitrogens is 1. The fraction of sp³-hybridized carbons (Fsp3) is 0.364. The second-order valence-electron chi connectivity index (χ2n) is 6.71. The monoisotopic (exact) mass is 365 g/mol. The summed E-state index contributed by atoms with van der Waals surface area (Å²) in [6, 6.07) is 11.5. The molecule has 0 bridgehead atoms. The highest BCUT2D eigenvalue weighted by atomic mass is 16.5. The number of nitrogens with zero attached hydrogens (tertiary/aromatic N) is 1. The molecule has 1 aromatic carbocycles. The maximum absolute atomic E-state index is 12.2. The van der Waals surface area contributed by atoms with E-state index < -0.39 is 0 Å². The number of allylic oxidation sites excluding steroid dienone is 1. The van der Waals surface area contributed by atoms with E-state index in [-0.39, 0.29) is 5.91 Å². The summed E-state index contributed by atoms with van der Waals surface area (Å²) in [5.41, 5.74) is 3.84. The fourth-order valence-electron chi connectivity index (χ4n) is 3.24. The molecule has 0 radical (unpaired) electrons. The number of rotatable bonds is 8. The lowest BCUT2D eigenvalue weighted by molar-refractivity contribution is 0.0949. The van der Waals surface area contributed by atoms with Crippen LogP contribution in [-0.2, 0) is 6.54 Å². The van der Waals surface area contributed by atoms with Crippen LogP contribution in [0.15, 0.2) is 54.2 Å². The van der Waals surface area contributed by atoms with E-state index in [0.29, 0.717) is 18.8 Å². The zero-order valence-electron chi connectivity index (χ0n) is 15.8. The summed E-state index contributed by atoms with van der Waals surface area (Å²) in [7, 11) is 1.67. The molecule has 1 heterocycles. The quantitative estimate of drug-likeness (QED) is 0.684. The molecule has 142 valence electrons. The molecule has 1 amide bonds. The first-order valence-electron chi connectivity index (χ1n) is 9.54. The van der Waals surface area contributed by atoms with Gasteiger partial charge in [-0.15, -0.1) is 0 Å². The summed E-state index contributed by atoms with van der Waals surface area (Å²) in [4.78, 5) is 16.5. The molecule has 1 aromatic heterocycles. The Balaban J connectivity index is 1.47. The molecule has 0 saturated heterocycles. The van der Waals surface area contributed by atoms with Crippen LogP contribution < -0.4 is 15.4 Å². The highest BCUT2D eigenvalue weighted by molar-refractivity contribution is 5.92. The van der Waals surface area contributed by atoms with Gasteiger partial charge in [-0.05, 0) is 50.3 Å². The molecule has 27 heavy (non-hydrogen) atoms. The molecule has 5 nitrogen and oxygen atoms in total. The Labute approximate surface area is 160 Å². The topological polar surface area (TPSA) is 63.2 Å². The minimum Gasteiger partial charge on any atom is -0.496 e. The van der Waals surface area contributed by atoms with Crippen LogP contribution in [0.1, 0.15) is 48.2 Å². The molecule has 5 heteroatoms. The van der Waals surface area contributed by atoms with Crippen LogP contribution in [0.5, 0.6) is 5.75 Å². The SMILES string of the molecule is COc1ccccc1CNc1ccc(C(=O)NCCC2=CCCCC2)nc1. The number of pyridine rings is 1. The first kappa shape index (κ1) is 19.0. The number of anilines is 1. The molecule has 0 atom stereocenters. The Bertz CT molecular complexity index is 784. The van der Waals surface area contributed by atoms with Crippen LogP contribution in [0.3, 0.4) is 0 Å². The van der Waals surface area contributed by atoms with Gasteiger partial charge in [0.05, 0.1) is 19.0 Å². The van der Waals surface area contributed by atoms with Gasteiger partial charge in [-0.1, -0.05) is 29.8 Å². The number of carbonyl (C=O) groups is 1. The Hall–Kier alpha value is -2.82. The van der Waals surface area contributed by atoms with E-state index in [4.69, 9.17) is 4.74 Å². The molecule has 0 spiro atoms. The predicted molar refractivity (Wildman–Crippen MR) is 108 cm³/mol. The Morgan fingerprint density at radius 2 is 2.07 bits per heavy atom. The number of carbonyl (C=O) groups excluding carboxylic acids is 1. The molecule has 1 aliphatic rings. The lowest BCUT2D eigenvalue weighted by Crippen LogP contribution is -2.25. The number of hydrogen-bond acceptors (Lipinski definition) is 4. The van der Waals surface area contributed by atoms with Crippen molar-refractivity contribution in [1.29, 1.82) is 0 Å². The van der Waals surface area contributed by atoms with Crippen LogP contribution in [0, 0.1) is 0 Å². The second kappa shape index (κ2) is 9.76. The van der Waals surface area contributed by atoms with Gasteiger partial charge in [-0.2, -0.15) is 0 Å². The Morgan fingerprint density at radius 1 is 1.19 bits per heavy atom. The van der Waals surface area contributed by atoms with Crippen molar-refractivity contribution < 1.29 is 9.53 Å². The highest BCUT2D eigenvalue weighted by Crippen LogP contribution is 2.20. The number of benzene rings is 1. The zero-order valence-corrected chi connectivity index (χ0v) is 15.8. The van der Waals surface area contributed by atoms with Gasteiger partial charge in [0.2, 0.25) is 0 Å². The molecule has 3 rings (SSSR count). The molecule has 0 fully saturated rings. The van der Waals surface area contributed by atoms with Crippen LogP contribution in [0.25, 0.3) is 0 Å². The van der Waals surface area contributed by atoms with Gasteiger partial charge in [0.25, 0.3) is 5.91 Å². The average molecular weight is 365 g/mol. The van der Waals surface area contributed by atoms with E-state index >= 15 is 0 Å². The number of nitrogens with one attached hydrogen (secondary N) is 2. The van der Waals surface area contributed by atoms with E-state index in [2.05, 4.69) is 21.7 Å². The second-order valence-corrected chi connectivity index (χ2v) is 6.71. The van der Waals surface area contributed by atoms with Crippen molar-refractivity contribution in [3.63, 3.8) is 0 Å². The summed E-state index contributed by atoms with van der Waals surface area (Å²) in [5, 5.41) is 6.27. The van der Waals surface area contributed by atoms with Gasteiger partial charge in [0.15, 0.2) is 0 Å². The predicted octanol–water partition coefficient (Wildman–Crippen LogP) is 4.32. The van der Waals surface area contributed by atoms with Gasteiger partial charge in [-0.3, -0.25) is 4.79 Å².